The highest BCUT2D eigenvalue weighted by Crippen LogP contribution is 2.45. The minimum atomic E-state index is -3.91. The Balaban J connectivity index is 1.33. The molecule has 0 bridgehead atoms. The molecule has 1 aliphatic heterocycles. The Morgan fingerprint density at radius 2 is 1.78 bits per heavy atom. The van der Waals surface area contributed by atoms with Crippen molar-refractivity contribution >= 4 is 44.6 Å². The molecule has 3 aromatic rings. The number of ether oxygens (including phenoxy) is 2. The molecule has 3 aliphatic rings. The molecule has 5 unspecified atom stereocenters. The van der Waals surface area contributed by atoms with E-state index in [1.165, 1.54) is 11.0 Å². The highest BCUT2D eigenvalue weighted by atomic mass is 32.2. The summed E-state index contributed by atoms with van der Waals surface area (Å²) in [5, 5.41) is 6.35. The lowest BCUT2D eigenvalue weighted by molar-refractivity contribution is -0.143. The Bertz CT molecular complexity index is 2080. The van der Waals surface area contributed by atoms with Crippen molar-refractivity contribution in [1.29, 1.82) is 0 Å². The van der Waals surface area contributed by atoms with Gasteiger partial charge in [-0.2, -0.15) is 0 Å². The summed E-state index contributed by atoms with van der Waals surface area (Å²) in [6.07, 6.45) is 5.63. The van der Waals surface area contributed by atoms with Gasteiger partial charge in [0.25, 0.3) is 5.91 Å². The zero-order valence-electron chi connectivity index (χ0n) is 31.3. The van der Waals surface area contributed by atoms with Gasteiger partial charge in [-0.05, 0) is 63.0 Å². The Labute approximate surface area is 314 Å². The van der Waals surface area contributed by atoms with Gasteiger partial charge in [0.1, 0.15) is 35.0 Å². The second-order valence-electron chi connectivity index (χ2n) is 16.2. The van der Waals surface area contributed by atoms with Crippen LogP contribution >= 0.6 is 0 Å². The number of carbonyl (C=O) groups excluding carboxylic acids is 4. The minimum absolute atomic E-state index is 0.0108. The summed E-state index contributed by atoms with van der Waals surface area (Å²) < 4.78 is 39.6. The summed E-state index contributed by atoms with van der Waals surface area (Å²) in [5.41, 5.74) is -2.23. The molecule has 0 spiro atoms. The number of hydrogen-bond donors (Lipinski definition) is 3. The Morgan fingerprint density at radius 1 is 1.06 bits per heavy atom. The third-order valence-electron chi connectivity index (χ3n) is 9.68. The summed E-state index contributed by atoms with van der Waals surface area (Å²) >= 11 is 0. The topological polar surface area (TPSA) is 199 Å². The first kappa shape index (κ1) is 38.6. The van der Waals surface area contributed by atoms with Crippen molar-refractivity contribution < 1.29 is 37.1 Å². The van der Waals surface area contributed by atoms with Crippen molar-refractivity contribution in [3.05, 3.63) is 61.6 Å². The van der Waals surface area contributed by atoms with E-state index in [1.807, 2.05) is 30.3 Å². The molecule has 15 nitrogen and oxygen atoms in total. The van der Waals surface area contributed by atoms with E-state index in [9.17, 15) is 27.6 Å². The van der Waals surface area contributed by atoms with Gasteiger partial charge >= 0.3 is 6.09 Å². The smallest absolute Gasteiger partial charge is 0.408 e. The number of nitrogens with one attached hydrogen (secondary N) is 3. The number of fused-ring (bicyclic) bond motifs is 1. The first-order chi connectivity index (χ1) is 25.3. The van der Waals surface area contributed by atoms with Gasteiger partial charge in [0.2, 0.25) is 27.7 Å². The van der Waals surface area contributed by atoms with E-state index in [4.69, 9.17) is 14.5 Å². The predicted molar refractivity (Wildman–Crippen MR) is 199 cm³/mol. The van der Waals surface area contributed by atoms with Crippen LogP contribution in [0.5, 0.6) is 5.88 Å². The number of hydrogen-bond acceptors (Lipinski definition) is 11. The standard InChI is InChI=1S/C38H47N7O8S/c1-8-23-19-38(23,34(48)44-54(50,51)25-13-14-25)43-31(46)29-18-24(21-45(29)33(47)30(36(2,3)4)42-35(49)53-37(5,6)7)52-32-26-12-10-9-11-22(26)17-27(41-32)28-20-39-15-16-40-28/h8-12,15-17,20,23-25,29-30H,1,13-14,18-19,21H2,2-7H3,(H,42,49)(H,43,46)(H,44,48). The Kier molecular flexibility index (Phi) is 10.2. The van der Waals surface area contributed by atoms with Crippen LogP contribution in [0.4, 0.5) is 4.79 Å². The van der Waals surface area contributed by atoms with Crippen LogP contribution in [-0.4, -0.2) is 93.2 Å². The third-order valence-corrected chi connectivity index (χ3v) is 11.5. The predicted octanol–water partition coefficient (Wildman–Crippen LogP) is 3.65. The third kappa shape index (κ3) is 8.32. The second-order valence-corrected chi connectivity index (χ2v) is 18.2. The van der Waals surface area contributed by atoms with Crippen LogP contribution in [0.1, 0.15) is 67.2 Å². The largest absolute Gasteiger partial charge is 0.472 e. The maximum Gasteiger partial charge on any atom is 0.408 e. The molecule has 54 heavy (non-hydrogen) atoms. The number of rotatable bonds is 11. The molecule has 1 saturated heterocycles. The zero-order valence-corrected chi connectivity index (χ0v) is 32.1. The van der Waals surface area contributed by atoms with Gasteiger partial charge in [-0.1, -0.05) is 45.0 Å². The quantitative estimate of drug-likeness (QED) is 0.241. The second kappa shape index (κ2) is 14.3. The molecule has 2 saturated carbocycles. The number of aromatic nitrogens is 3. The fraction of sp³-hybridized carbons (Fsp3) is 0.500. The van der Waals surface area contributed by atoms with Crippen LogP contribution < -0.4 is 20.1 Å². The fourth-order valence-electron chi connectivity index (χ4n) is 6.61. The molecule has 3 fully saturated rings. The molecule has 4 amide bonds. The first-order valence-corrected chi connectivity index (χ1v) is 19.5. The van der Waals surface area contributed by atoms with Gasteiger partial charge in [-0.3, -0.25) is 29.1 Å². The molecule has 5 atom stereocenters. The van der Waals surface area contributed by atoms with Crippen molar-refractivity contribution in [3.8, 4) is 17.3 Å². The lowest BCUT2D eigenvalue weighted by Gasteiger charge is -2.36. The fourth-order valence-corrected chi connectivity index (χ4v) is 7.97. The maximum absolute atomic E-state index is 14.6. The highest BCUT2D eigenvalue weighted by Gasteiger charge is 2.62. The first-order valence-electron chi connectivity index (χ1n) is 17.9. The van der Waals surface area contributed by atoms with Crippen LogP contribution in [0.2, 0.25) is 0 Å². The van der Waals surface area contributed by atoms with E-state index < -0.39 is 79.7 Å². The zero-order chi connectivity index (χ0) is 39.2. The number of alkyl carbamates (subject to hydrolysis) is 1. The lowest BCUT2D eigenvalue weighted by atomic mass is 9.85. The van der Waals surface area contributed by atoms with Crippen LogP contribution in [0.25, 0.3) is 22.2 Å². The molecule has 16 heteroatoms. The SMILES string of the molecule is C=CC1CC1(NC(=O)C1CC(Oc2nc(-c3cnccn3)cc3ccccc23)CN1C(=O)C(NC(=O)OC(C)(C)C)C(C)(C)C)C(=O)NS(=O)(=O)C1CC1. The average Bonchev–Trinajstić information content (AvgIpc) is 4.03. The molecular weight excluding hydrogens is 715 g/mol. The van der Waals surface area contributed by atoms with E-state index in [0.717, 1.165) is 5.39 Å². The molecule has 288 valence electrons. The summed E-state index contributed by atoms with van der Waals surface area (Å²) in [4.78, 5) is 70.1. The van der Waals surface area contributed by atoms with Gasteiger partial charge in [0.15, 0.2) is 0 Å². The van der Waals surface area contributed by atoms with Gasteiger partial charge in [-0.25, -0.2) is 18.2 Å². The van der Waals surface area contributed by atoms with Gasteiger partial charge in [0.05, 0.1) is 23.7 Å². The van der Waals surface area contributed by atoms with Crippen molar-refractivity contribution in [2.75, 3.05) is 6.54 Å². The van der Waals surface area contributed by atoms with Crippen molar-refractivity contribution in [2.45, 2.75) is 102 Å². The van der Waals surface area contributed by atoms with Crippen LogP contribution in [0, 0.1) is 11.3 Å². The number of carbonyl (C=O) groups is 4. The van der Waals surface area contributed by atoms with Gasteiger partial charge < -0.3 is 25.0 Å². The molecule has 3 N–H and O–H groups in total. The molecule has 2 aliphatic carbocycles. The molecular formula is C38H47N7O8S. The summed E-state index contributed by atoms with van der Waals surface area (Å²) in [7, 11) is -3.91. The number of nitrogens with zero attached hydrogens (tertiary/aromatic N) is 4. The molecule has 3 heterocycles. The van der Waals surface area contributed by atoms with Gasteiger partial charge in [-0.15, -0.1) is 6.58 Å². The summed E-state index contributed by atoms with van der Waals surface area (Å²) in [6.45, 7) is 14.1. The molecule has 2 aromatic heterocycles. The number of sulfonamides is 1. The Hall–Kier alpha value is -5.12. The summed E-state index contributed by atoms with van der Waals surface area (Å²) in [5.74, 6) is -2.40. The number of likely N-dealkylation sites (tertiary alicyclic amines) is 1. The van der Waals surface area contributed by atoms with Crippen molar-refractivity contribution in [1.82, 2.24) is 35.2 Å². The number of pyridine rings is 1. The van der Waals surface area contributed by atoms with Crippen LogP contribution in [0.3, 0.4) is 0 Å². The Morgan fingerprint density at radius 3 is 2.39 bits per heavy atom. The highest BCUT2D eigenvalue weighted by molar-refractivity contribution is 7.91. The monoisotopic (exact) mass is 761 g/mol. The van der Waals surface area contributed by atoms with E-state index in [1.54, 1.807) is 60.1 Å². The van der Waals surface area contributed by atoms with Crippen molar-refractivity contribution in [3.63, 3.8) is 0 Å². The maximum atomic E-state index is 14.6. The average molecular weight is 762 g/mol. The lowest BCUT2D eigenvalue weighted by Crippen LogP contribution is -2.60. The molecule has 1 aromatic carbocycles. The molecule has 6 rings (SSSR count). The van der Waals surface area contributed by atoms with Crippen LogP contribution in [-0.2, 0) is 29.1 Å². The van der Waals surface area contributed by atoms with Gasteiger partial charge in [0, 0.05) is 30.1 Å². The molecule has 0 radical (unpaired) electrons. The summed E-state index contributed by atoms with van der Waals surface area (Å²) in [6, 6.07) is 7.02. The van der Waals surface area contributed by atoms with Crippen molar-refractivity contribution in [2.24, 2.45) is 11.3 Å². The van der Waals surface area contributed by atoms with E-state index in [2.05, 4.69) is 31.9 Å². The number of amides is 4. The minimum Gasteiger partial charge on any atom is -0.472 e. The van der Waals surface area contributed by atoms with E-state index in [0.29, 0.717) is 29.6 Å². The van der Waals surface area contributed by atoms with E-state index in [-0.39, 0.29) is 25.3 Å². The van der Waals surface area contributed by atoms with Crippen LogP contribution in [0.15, 0.2) is 61.6 Å². The normalized spacial score (nSPS) is 23.2. The van der Waals surface area contributed by atoms with E-state index >= 15 is 0 Å². The number of benzene rings is 1.